The number of amides is 1. The fourth-order valence-corrected chi connectivity index (χ4v) is 6.59. The van der Waals surface area contributed by atoms with E-state index in [0.717, 1.165) is 0 Å². The lowest BCUT2D eigenvalue weighted by Crippen LogP contribution is -2.38. The van der Waals surface area contributed by atoms with E-state index in [-0.39, 0.29) is 28.8 Å². The minimum atomic E-state index is -0.647. The van der Waals surface area contributed by atoms with Crippen molar-refractivity contribution < 1.29 is 9.59 Å². The lowest BCUT2D eigenvalue weighted by atomic mass is 9.76. The van der Waals surface area contributed by atoms with E-state index >= 15 is 0 Å². The van der Waals surface area contributed by atoms with Crippen LogP contribution in [0, 0.1) is 11.3 Å². The molecule has 1 atom stereocenters. The molecule has 2 heterocycles. The van der Waals surface area contributed by atoms with E-state index in [1.165, 1.54) is 23.1 Å². The Morgan fingerprint density at radius 2 is 1.95 bits per heavy atom. The quantitative estimate of drug-likeness (QED) is 0.345. The highest BCUT2D eigenvalue weighted by Crippen LogP contribution is 2.48. The average Bonchev–Trinajstić information content (AvgIpc) is 3.37. The van der Waals surface area contributed by atoms with Crippen molar-refractivity contribution in [2.75, 3.05) is 16.0 Å². The van der Waals surface area contributed by atoms with Gasteiger partial charge in [-0.05, 0) is 48.7 Å². The van der Waals surface area contributed by atoms with Crippen LogP contribution in [0.1, 0.15) is 30.7 Å². The molecule has 192 valence electrons. The zero-order valence-electron chi connectivity index (χ0n) is 19.8. The summed E-state index contributed by atoms with van der Waals surface area (Å²) in [5, 5.41) is 22.9. The highest BCUT2D eigenvalue weighted by atomic mass is 35.5. The number of thioether (sulfide) groups is 1. The van der Waals surface area contributed by atoms with Crippen molar-refractivity contribution in [3.8, 4) is 6.07 Å². The molecular formula is C26H20Cl2N6O2S2. The number of allylic oxidation sites excluding steroid dienone is 3. The summed E-state index contributed by atoms with van der Waals surface area (Å²) >= 11 is 14.9. The maximum Gasteiger partial charge on any atom is 0.234 e. The number of nitrogens with one attached hydrogen (secondary N) is 1. The van der Waals surface area contributed by atoms with Gasteiger partial charge < -0.3 is 11.1 Å². The van der Waals surface area contributed by atoms with E-state index in [0.29, 0.717) is 61.3 Å². The molecule has 0 saturated carbocycles. The van der Waals surface area contributed by atoms with Crippen LogP contribution in [0.15, 0.2) is 75.5 Å². The number of halogens is 2. The Kier molecular flexibility index (Phi) is 7.72. The molecule has 0 spiro atoms. The Labute approximate surface area is 237 Å². The van der Waals surface area contributed by atoms with Gasteiger partial charge in [-0.25, -0.2) is 0 Å². The molecule has 0 saturated heterocycles. The molecule has 2 aliphatic rings. The molecule has 1 aliphatic carbocycles. The predicted molar refractivity (Wildman–Crippen MR) is 150 cm³/mol. The van der Waals surface area contributed by atoms with E-state index in [4.69, 9.17) is 28.9 Å². The number of nitrogens with zero attached hydrogens (tertiary/aromatic N) is 4. The zero-order chi connectivity index (χ0) is 26.8. The van der Waals surface area contributed by atoms with Crippen LogP contribution < -0.4 is 16.0 Å². The van der Waals surface area contributed by atoms with Crippen molar-refractivity contribution in [2.24, 2.45) is 5.73 Å². The largest absolute Gasteiger partial charge is 0.384 e. The molecule has 38 heavy (non-hydrogen) atoms. The number of benzene rings is 2. The maximum atomic E-state index is 13.2. The maximum absolute atomic E-state index is 13.2. The van der Waals surface area contributed by atoms with Crippen molar-refractivity contribution in [3.63, 3.8) is 0 Å². The van der Waals surface area contributed by atoms with Crippen molar-refractivity contribution in [1.82, 2.24) is 10.2 Å². The first-order chi connectivity index (χ1) is 18.4. The molecular weight excluding hydrogens is 563 g/mol. The first-order valence-corrected chi connectivity index (χ1v) is 14.2. The predicted octanol–water partition coefficient (Wildman–Crippen LogP) is 5.88. The number of ketones is 1. The number of nitrogens with two attached hydrogens (primary N) is 1. The SMILES string of the molecule is N#CC1=C(N)N(c2nnc(SCC(=O)Nc3ccc(Cl)cc3)s2)C2=C(C(=O)CCC2)C1c1ccccc1Cl. The van der Waals surface area contributed by atoms with Gasteiger partial charge in [-0.3, -0.25) is 14.5 Å². The summed E-state index contributed by atoms with van der Waals surface area (Å²) in [6.07, 6.45) is 1.63. The molecule has 0 fully saturated rings. The Morgan fingerprint density at radius 1 is 1.18 bits per heavy atom. The van der Waals surface area contributed by atoms with E-state index in [1.54, 1.807) is 41.3 Å². The van der Waals surface area contributed by atoms with Gasteiger partial charge in [0.05, 0.1) is 23.3 Å². The fraction of sp³-hybridized carbons (Fsp3) is 0.192. The molecule has 1 aliphatic heterocycles. The Morgan fingerprint density at radius 3 is 2.68 bits per heavy atom. The van der Waals surface area contributed by atoms with Crippen molar-refractivity contribution >= 4 is 68.8 Å². The van der Waals surface area contributed by atoms with Gasteiger partial charge in [0.1, 0.15) is 5.82 Å². The summed E-state index contributed by atoms with van der Waals surface area (Å²) in [6.45, 7) is 0. The van der Waals surface area contributed by atoms with Gasteiger partial charge in [-0.2, -0.15) is 5.26 Å². The molecule has 3 N–H and O–H groups in total. The Balaban J connectivity index is 1.42. The third kappa shape index (κ3) is 5.15. The minimum Gasteiger partial charge on any atom is -0.384 e. The first-order valence-electron chi connectivity index (χ1n) is 11.6. The van der Waals surface area contributed by atoms with Gasteiger partial charge in [-0.1, -0.05) is 64.5 Å². The van der Waals surface area contributed by atoms with Crippen LogP contribution in [0.2, 0.25) is 10.0 Å². The van der Waals surface area contributed by atoms with Crippen molar-refractivity contribution in [3.05, 3.63) is 86.8 Å². The van der Waals surface area contributed by atoms with Gasteiger partial charge in [0, 0.05) is 33.4 Å². The third-order valence-electron chi connectivity index (χ3n) is 6.17. The van der Waals surface area contributed by atoms with Crippen LogP contribution in [0.25, 0.3) is 0 Å². The molecule has 8 nitrogen and oxygen atoms in total. The molecule has 2 aromatic carbocycles. The Hall–Kier alpha value is -3.36. The van der Waals surface area contributed by atoms with Crippen LogP contribution >= 0.6 is 46.3 Å². The second-order valence-corrected chi connectivity index (χ2v) is 11.6. The summed E-state index contributed by atoms with van der Waals surface area (Å²) in [6, 6.07) is 16.2. The molecule has 1 amide bonds. The molecule has 3 aromatic rings. The van der Waals surface area contributed by atoms with Crippen LogP contribution in [0.3, 0.4) is 0 Å². The van der Waals surface area contributed by atoms with Crippen molar-refractivity contribution in [2.45, 2.75) is 29.5 Å². The molecule has 1 unspecified atom stereocenters. The number of carbonyl (C=O) groups is 2. The lowest BCUT2D eigenvalue weighted by Gasteiger charge is -2.38. The van der Waals surface area contributed by atoms with Crippen LogP contribution in [-0.4, -0.2) is 27.6 Å². The van der Waals surface area contributed by atoms with Crippen LogP contribution in [0.5, 0.6) is 0 Å². The molecule has 0 radical (unpaired) electrons. The van der Waals surface area contributed by atoms with Gasteiger partial charge in [0.15, 0.2) is 10.1 Å². The van der Waals surface area contributed by atoms with Gasteiger partial charge in [0.25, 0.3) is 0 Å². The number of hydrogen-bond donors (Lipinski definition) is 2. The number of anilines is 2. The van der Waals surface area contributed by atoms with Gasteiger partial charge in [-0.15, -0.1) is 10.2 Å². The summed E-state index contributed by atoms with van der Waals surface area (Å²) in [5.41, 5.74) is 9.34. The molecule has 1 aromatic heterocycles. The third-order valence-corrected chi connectivity index (χ3v) is 8.81. The number of rotatable bonds is 6. The van der Waals surface area contributed by atoms with E-state index < -0.39 is 5.92 Å². The second-order valence-electron chi connectivity index (χ2n) is 8.53. The number of aromatic nitrogens is 2. The molecule has 5 rings (SSSR count). The monoisotopic (exact) mass is 582 g/mol. The topological polar surface area (TPSA) is 125 Å². The Bertz CT molecular complexity index is 1530. The summed E-state index contributed by atoms with van der Waals surface area (Å²) in [7, 11) is 0. The minimum absolute atomic E-state index is 0.0422. The number of hydrogen-bond acceptors (Lipinski definition) is 9. The van der Waals surface area contributed by atoms with E-state index in [2.05, 4.69) is 21.6 Å². The fourth-order valence-electron chi connectivity index (χ4n) is 4.53. The lowest BCUT2D eigenvalue weighted by molar-refractivity contribution is -0.116. The highest BCUT2D eigenvalue weighted by molar-refractivity contribution is 8.01. The number of carbonyl (C=O) groups excluding carboxylic acids is 2. The summed E-state index contributed by atoms with van der Waals surface area (Å²) in [5.74, 6) is -0.583. The van der Waals surface area contributed by atoms with Crippen molar-refractivity contribution in [1.29, 1.82) is 5.26 Å². The zero-order valence-corrected chi connectivity index (χ0v) is 22.9. The molecule has 12 heteroatoms. The second kappa shape index (κ2) is 11.2. The smallest absolute Gasteiger partial charge is 0.234 e. The van der Waals surface area contributed by atoms with Crippen LogP contribution in [0.4, 0.5) is 10.8 Å². The first kappa shape index (κ1) is 26.3. The van der Waals surface area contributed by atoms with Gasteiger partial charge >= 0.3 is 0 Å². The highest BCUT2D eigenvalue weighted by Gasteiger charge is 2.41. The standard InChI is InChI=1S/C26H20Cl2N6O2S2/c27-14-8-10-15(11-9-14)31-21(36)13-37-26-33-32-25(38-26)34-19-6-3-7-20(35)23(19)22(17(12-29)24(34)30)16-4-1-2-5-18(16)28/h1-2,4-5,8-11,22H,3,6-7,13,30H2,(H,31,36). The van der Waals surface area contributed by atoms with Gasteiger partial charge in [0.2, 0.25) is 11.0 Å². The van der Waals surface area contributed by atoms with E-state index in [9.17, 15) is 14.9 Å². The summed E-state index contributed by atoms with van der Waals surface area (Å²) < 4.78 is 0.551. The molecule has 0 bridgehead atoms. The van der Waals surface area contributed by atoms with E-state index in [1.807, 2.05) is 12.1 Å². The summed E-state index contributed by atoms with van der Waals surface area (Å²) in [4.78, 5) is 27.3. The normalized spacial score (nSPS) is 17.3. The average molecular weight is 584 g/mol. The number of nitriles is 1. The number of Topliss-reactive ketones (excluding diaryl/α,β-unsaturated/α-hetero) is 1. The van der Waals surface area contributed by atoms with Crippen LogP contribution in [-0.2, 0) is 9.59 Å².